The van der Waals surface area contributed by atoms with Crippen molar-refractivity contribution in [2.45, 2.75) is 85.2 Å². The smallest absolute Gasteiger partial charge is 0.307 e. The molecule has 4 fully saturated rings. The fourth-order valence-electron chi connectivity index (χ4n) is 9.28. The second-order valence-electron chi connectivity index (χ2n) is 12.7. The highest BCUT2D eigenvalue weighted by Crippen LogP contribution is 2.67. The second kappa shape index (κ2) is 9.35. The Balaban J connectivity index is 1.22. The minimum absolute atomic E-state index is 0.0375. The molecule has 5 nitrogen and oxygen atoms in total. The largest absolute Gasteiger partial charge is 0.462 e. The molecule has 0 aromatic rings. The summed E-state index contributed by atoms with van der Waals surface area (Å²) in [5.74, 6) is 3.19. The van der Waals surface area contributed by atoms with Crippen LogP contribution >= 0.6 is 0 Å². The average Bonchev–Trinajstić information content (AvgIpc) is 3.08. The predicted molar refractivity (Wildman–Crippen MR) is 132 cm³/mol. The van der Waals surface area contributed by atoms with Gasteiger partial charge in [-0.25, -0.2) is 0 Å². The van der Waals surface area contributed by atoms with Gasteiger partial charge in [0.1, 0.15) is 11.9 Å². The SMILES string of the molecule is CC(=O)[C@@H]1[C@H](C)C[C@@H]2[C@H]3CC=C4C[C@H](OC(=O)CCN5CCOCC5)CC[C@]4(C)[C@@H]3CC[C@@]21C. The highest BCUT2D eigenvalue weighted by atomic mass is 16.5. The quantitative estimate of drug-likeness (QED) is 0.416. The van der Waals surface area contributed by atoms with E-state index in [4.69, 9.17) is 9.47 Å². The number of ether oxygens (including phenoxy) is 2. The van der Waals surface area contributed by atoms with Crippen LogP contribution in [0.5, 0.6) is 0 Å². The number of ketones is 1. The van der Waals surface area contributed by atoms with Gasteiger partial charge in [0, 0.05) is 32.0 Å². The van der Waals surface area contributed by atoms with Crippen LogP contribution in [-0.4, -0.2) is 55.6 Å². The molecule has 0 unspecified atom stereocenters. The number of hydrogen-bond donors (Lipinski definition) is 0. The summed E-state index contributed by atoms with van der Waals surface area (Å²) in [6.45, 7) is 13.2. The van der Waals surface area contributed by atoms with Gasteiger partial charge in [-0.2, -0.15) is 0 Å². The van der Waals surface area contributed by atoms with Crippen LogP contribution in [0.15, 0.2) is 11.6 Å². The van der Waals surface area contributed by atoms with Crippen LogP contribution in [0.3, 0.4) is 0 Å². The minimum atomic E-state index is -0.0435. The van der Waals surface area contributed by atoms with E-state index >= 15 is 0 Å². The molecule has 34 heavy (non-hydrogen) atoms. The van der Waals surface area contributed by atoms with Crippen molar-refractivity contribution in [1.82, 2.24) is 4.90 Å². The first-order valence-corrected chi connectivity index (χ1v) is 13.9. The molecule has 1 aliphatic heterocycles. The summed E-state index contributed by atoms with van der Waals surface area (Å²) < 4.78 is 11.4. The molecular weight excluding hydrogens is 426 g/mol. The van der Waals surface area contributed by atoms with Crippen LogP contribution in [0.2, 0.25) is 0 Å². The average molecular weight is 472 g/mol. The van der Waals surface area contributed by atoms with Gasteiger partial charge in [0.2, 0.25) is 0 Å². The van der Waals surface area contributed by atoms with Gasteiger partial charge in [0.25, 0.3) is 0 Å². The molecule has 3 saturated carbocycles. The van der Waals surface area contributed by atoms with Gasteiger partial charge in [0.05, 0.1) is 19.6 Å². The molecule has 190 valence electrons. The van der Waals surface area contributed by atoms with Crippen LogP contribution < -0.4 is 0 Å². The third kappa shape index (κ3) is 4.19. The molecule has 8 atom stereocenters. The molecule has 5 rings (SSSR count). The Hall–Kier alpha value is -1.20. The number of carbonyl (C=O) groups is 2. The molecule has 0 radical (unpaired) electrons. The van der Waals surface area contributed by atoms with Crippen molar-refractivity contribution in [2.75, 3.05) is 32.8 Å². The number of allylic oxidation sites excluding steroid dienone is 1. The van der Waals surface area contributed by atoms with E-state index in [-0.39, 0.29) is 28.8 Å². The maximum Gasteiger partial charge on any atom is 0.307 e. The fourth-order valence-corrected chi connectivity index (χ4v) is 9.28. The van der Waals surface area contributed by atoms with Crippen molar-refractivity contribution in [1.29, 1.82) is 0 Å². The lowest BCUT2D eigenvalue weighted by Gasteiger charge is -2.58. The molecule has 5 heteroatoms. The van der Waals surface area contributed by atoms with E-state index in [0.717, 1.165) is 58.5 Å². The van der Waals surface area contributed by atoms with Gasteiger partial charge in [0.15, 0.2) is 0 Å². The van der Waals surface area contributed by atoms with E-state index in [0.29, 0.717) is 35.9 Å². The maximum absolute atomic E-state index is 12.6. The molecule has 4 aliphatic carbocycles. The predicted octanol–water partition coefficient (Wildman–Crippen LogP) is 5.03. The van der Waals surface area contributed by atoms with Gasteiger partial charge >= 0.3 is 5.97 Å². The first-order chi connectivity index (χ1) is 16.2. The van der Waals surface area contributed by atoms with E-state index < -0.39 is 0 Å². The van der Waals surface area contributed by atoms with Crippen molar-refractivity contribution < 1.29 is 19.1 Å². The van der Waals surface area contributed by atoms with Crippen molar-refractivity contribution >= 4 is 11.8 Å². The molecule has 0 spiro atoms. The van der Waals surface area contributed by atoms with Gasteiger partial charge in [-0.1, -0.05) is 32.4 Å². The monoisotopic (exact) mass is 471 g/mol. The van der Waals surface area contributed by atoms with Gasteiger partial charge < -0.3 is 9.47 Å². The topological polar surface area (TPSA) is 55.8 Å². The van der Waals surface area contributed by atoms with Crippen molar-refractivity contribution in [3.63, 3.8) is 0 Å². The van der Waals surface area contributed by atoms with Crippen LogP contribution in [-0.2, 0) is 19.1 Å². The Morgan fingerprint density at radius 1 is 1.15 bits per heavy atom. The molecule has 1 heterocycles. The molecule has 0 amide bonds. The third-order valence-corrected chi connectivity index (χ3v) is 10.9. The lowest BCUT2D eigenvalue weighted by atomic mass is 9.47. The number of carbonyl (C=O) groups excluding carboxylic acids is 2. The van der Waals surface area contributed by atoms with Gasteiger partial charge in [-0.3, -0.25) is 14.5 Å². The third-order valence-electron chi connectivity index (χ3n) is 10.9. The summed E-state index contributed by atoms with van der Waals surface area (Å²) >= 11 is 0. The number of Topliss-reactive ketones (excluding diaryl/α,β-unsaturated/α-hetero) is 1. The Labute approximate surface area is 206 Å². The van der Waals surface area contributed by atoms with E-state index in [1.54, 1.807) is 5.57 Å². The summed E-state index contributed by atoms with van der Waals surface area (Å²) in [7, 11) is 0. The van der Waals surface area contributed by atoms with Crippen LogP contribution in [0.1, 0.15) is 79.1 Å². The summed E-state index contributed by atoms with van der Waals surface area (Å²) in [5.41, 5.74) is 1.96. The zero-order valence-electron chi connectivity index (χ0n) is 21.8. The van der Waals surface area contributed by atoms with Crippen molar-refractivity contribution in [2.24, 2.45) is 40.4 Å². The first kappa shape index (κ1) is 24.5. The van der Waals surface area contributed by atoms with E-state index in [1.807, 2.05) is 6.92 Å². The van der Waals surface area contributed by atoms with Crippen LogP contribution in [0.4, 0.5) is 0 Å². The molecule has 0 aromatic carbocycles. The van der Waals surface area contributed by atoms with Crippen molar-refractivity contribution in [3.8, 4) is 0 Å². The number of fused-ring (bicyclic) bond motifs is 5. The Morgan fingerprint density at radius 3 is 2.65 bits per heavy atom. The highest BCUT2D eigenvalue weighted by Gasteiger charge is 2.61. The van der Waals surface area contributed by atoms with Gasteiger partial charge in [-0.15, -0.1) is 0 Å². The summed E-state index contributed by atoms with van der Waals surface area (Å²) in [4.78, 5) is 27.4. The molecule has 1 saturated heterocycles. The molecule has 0 N–H and O–H groups in total. The number of esters is 1. The minimum Gasteiger partial charge on any atom is -0.462 e. The van der Waals surface area contributed by atoms with Crippen LogP contribution in [0.25, 0.3) is 0 Å². The zero-order valence-corrected chi connectivity index (χ0v) is 21.8. The Bertz CT molecular complexity index is 832. The maximum atomic E-state index is 12.6. The summed E-state index contributed by atoms with van der Waals surface area (Å²) in [6.07, 6.45) is 10.8. The highest BCUT2D eigenvalue weighted by molar-refractivity contribution is 5.80. The normalized spacial score (nSPS) is 44.4. The fraction of sp³-hybridized carbons (Fsp3) is 0.862. The number of hydrogen-bond acceptors (Lipinski definition) is 5. The summed E-state index contributed by atoms with van der Waals surface area (Å²) in [6, 6.07) is 0. The van der Waals surface area contributed by atoms with Crippen LogP contribution in [0, 0.1) is 40.4 Å². The first-order valence-electron chi connectivity index (χ1n) is 13.9. The number of nitrogens with zero attached hydrogens (tertiary/aromatic N) is 1. The van der Waals surface area contributed by atoms with E-state index in [9.17, 15) is 9.59 Å². The van der Waals surface area contributed by atoms with Gasteiger partial charge in [-0.05, 0) is 80.0 Å². The van der Waals surface area contributed by atoms with E-state index in [2.05, 4.69) is 31.7 Å². The molecule has 0 bridgehead atoms. The molecular formula is C29H45NO4. The lowest BCUT2D eigenvalue weighted by molar-refractivity contribution is -0.152. The Kier molecular flexibility index (Phi) is 6.74. The number of rotatable bonds is 5. The number of morpholine rings is 1. The van der Waals surface area contributed by atoms with E-state index in [1.165, 1.54) is 19.3 Å². The molecule has 5 aliphatic rings. The molecule has 0 aromatic heterocycles. The van der Waals surface area contributed by atoms with Crippen molar-refractivity contribution in [3.05, 3.63) is 11.6 Å². The lowest BCUT2D eigenvalue weighted by Crippen LogP contribution is -2.51. The summed E-state index contributed by atoms with van der Waals surface area (Å²) in [5, 5.41) is 0. The Morgan fingerprint density at radius 2 is 1.91 bits per heavy atom. The standard InChI is InChI=1S/C29H45NO4/c1-19-17-25-23-6-5-21-18-22(34-26(32)9-12-30-13-15-33-16-14-30)7-10-28(21,3)24(23)8-11-29(25,4)27(19)20(2)31/h5,19,22-25,27H,6-18H2,1-4H3/t19-,22-,23+,24-,25-,27+,28+,29+/m1/s1. The second-order valence-corrected chi connectivity index (χ2v) is 12.7. The zero-order chi connectivity index (χ0) is 24.1.